The van der Waals surface area contributed by atoms with Crippen molar-refractivity contribution in [2.75, 3.05) is 6.61 Å². The summed E-state index contributed by atoms with van der Waals surface area (Å²) in [6, 6.07) is 0. The molecule has 19 heavy (non-hydrogen) atoms. The molecule has 0 atom stereocenters. The van der Waals surface area contributed by atoms with Crippen LogP contribution in [0.5, 0.6) is 0 Å². The summed E-state index contributed by atoms with van der Waals surface area (Å²) in [6.07, 6.45) is 0.310. The second kappa shape index (κ2) is 6.22. The van der Waals surface area contributed by atoms with Crippen LogP contribution in [0.25, 0.3) is 0 Å². The predicted octanol–water partition coefficient (Wildman–Crippen LogP) is 5.04. The van der Waals surface area contributed by atoms with Crippen molar-refractivity contribution in [2.45, 2.75) is 45.3 Å². The van der Waals surface area contributed by atoms with Gasteiger partial charge in [0.1, 0.15) is 4.88 Å². The van der Waals surface area contributed by atoms with E-state index < -0.39 is 8.32 Å². The van der Waals surface area contributed by atoms with Gasteiger partial charge >= 0.3 is 0 Å². The third kappa shape index (κ3) is 4.53. The lowest BCUT2D eigenvalue weighted by atomic mass is 10.2. The number of rotatable bonds is 5. The Bertz CT molecular complexity index is 469. The molecule has 0 saturated carbocycles. The van der Waals surface area contributed by atoms with Crippen molar-refractivity contribution in [2.24, 2.45) is 0 Å². The van der Waals surface area contributed by atoms with Gasteiger partial charge in [0.15, 0.2) is 23.7 Å². The fourth-order valence-corrected chi connectivity index (χ4v) is 3.59. The first-order valence-corrected chi connectivity index (χ1v) is 10.5. The topological polar surface area (TPSA) is 39.2 Å². The summed E-state index contributed by atoms with van der Waals surface area (Å²) in [7, 11) is -1.80. The van der Waals surface area contributed by atoms with Crippen LogP contribution in [0.15, 0.2) is 0 Å². The second-order valence-corrected chi connectivity index (χ2v) is 12.6. The van der Waals surface area contributed by atoms with E-state index in [-0.39, 0.29) is 16.0 Å². The van der Waals surface area contributed by atoms with Crippen molar-refractivity contribution in [1.82, 2.24) is 4.98 Å². The van der Waals surface area contributed by atoms with Gasteiger partial charge in [0.05, 0.1) is 0 Å². The van der Waals surface area contributed by atoms with Gasteiger partial charge in [-0.05, 0) is 18.1 Å². The molecule has 0 unspecified atom stereocenters. The van der Waals surface area contributed by atoms with Crippen LogP contribution >= 0.6 is 34.5 Å². The van der Waals surface area contributed by atoms with E-state index in [1.807, 2.05) is 0 Å². The number of halogens is 2. The molecule has 0 N–H and O–H groups in total. The monoisotopic (exact) mass is 339 g/mol. The zero-order chi connectivity index (χ0) is 14.8. The number of nitrogens with zero attached hydrogens (tertiary/aromatic N) is 1. The highest BCUT2D eigenvalue weighted by atomic mass is 35.5. The van der Waals surface area contributed by atoms with Crippen LogP contribution in [-0.4, -0.2) is 25.7 Å². The van der Waals surface area contributed by atoms with Crippen LogP contribution in [0, 0.1) is 0 Å². The molecule has 0 amide bonds. The molecule has 3 nitrogen and oxygen atoms in total. The number of carbonyl (C=O) groups is 1. The summed E-state index contributed by atoms with van der Waals surface area (Å²) in [6.45, 7) is 11.2. The molecule has 108 valence electrons. The van der Waals surface area contributed by atoms with Crippen molar-refractivity contribution < 1.29 is 9.22 Å². The number of aromatic nitrogens is 1. The van der Waals surface area contributed by atoms with Gasteiger partial charge in [-0.25, -0.2) is 4.98 Å². The lowest BCUT2D eigenvalue weighted by Crippen LogP contribution is -2.41. The first-order chi connectivity index (χ1) is 8.54. The van der Waals surface area contributed by atoms with Gasteiger partial charge in [-0.1, -0.05) is 55.3 Å². The molecule has 7 heteroatoms. The molecular formula is C12H19Cl2NO2SSi. The normalized spacial score (nSPS) is 12.8. The van der Waals surface area contributed by atoms with Gasteiger partial charge in [-0.3, -0.25) is 4.79 Å². The molecule has 0 aliphatic carbocycles. The third-order valence-corrected chi connectivity index (χ3v) is 9.54. The predicted molar refractivity (Wildman–Crippen MR) is 84.2 cm³/mol. The quantitative estimate of drug-likeness (QED) is 0.556. The first-order valence-electron chi connectivity index (χ1n) is 6.03. The lowest BCUT2D eigenvalue weighted by molar-refractivity contribution is 0.0963. The maximum Gasteiger partial charge on any atom is 0.191 e. The molecular weight excluding hydrogens is 321 g/mol. The molecule has 0 fully saturated rings. The molecule has 1 aromatic rings. The summed E-state index contributed by atoms with van der Waals surface area (Å²) in [5.41, 5.74) is 0. The number of hydrogen-bond donors (Lipinski definition) is 0. The molecule has 1 aromatic heterocycles. The average Bonchev–Trinajstić information content (AvgIpc) is 2.55. The maximum atomic E-state index is 12.0. The Hall–Kier alpha value is 0.0569. The minimum absolute atomic E-state index is 0.0619. The Morgan fingerprint density at radius 3 is 2.37 bits per heavy atom. The molecule has 0 aliphatic rings. The minimum Gasteiger partial charge on any atom is -0.416 e. The Balaban J connectivity index is 2.55. The Kier molecular flexibility index (Phi) is 5.60. The standard InChI is InChI=1S/C12H19Cl2NO2SSi/c1-12(2,3)19(4,5)17-7-6-8(16)9-10(13)15-11(14)18-9/h6-7H2,1-5H3. The van der Waals surface area contributed by atoms with E-state index in [0.717, 1.165) is 11.3 Å². The van der Waals surface area contributed by atoms with E-state index in [4.69, 9.17) is 27.6 Å². The van der Waals surface area contributed by atoms with E-state index >= 15 is 0 Å². The van der Waals surface area contributed by atoms with Crippen LogP contribution in [0.1, 0.15) is 36.9 Å². The summed E-state index contributed by atoms with van der Waals surface area (Å²) in [4.78, 5) is 16.2. The van der Waals surface area contributed by atoms with Crippen LogP contribution in [0.4, 0.5) is 0 Å². The summed E-state index contributed by atoms with van der Waals surface area (Å²) < 4.78 is 6.25. The van der Waals surface area contributed by atoms with Crippen molar-refractivity contribution in [3.63, 3.8) is 0 Å². The SMILES string of the molecule is CC(C)(C)[Si](C)(C)OCCC(=O)c1sc(Cl)nc1Cl. The van der Waals surface area contributed by atoms with E-state index in [9.17, 15) is 4.79 Å². The summed E-state index contributed by atoms with van der Waals surface area (Å²) in [5.74, 6) is -0.0619. The highest BCUT2D eigenvalue weighted by Crippen LogP contribution is 2.36. The van der Waals surface area contributed by atoms with Crippen molar-refractivity contribution >= 4 is 48.6 Å². The number of ketones is 1. The molecule has 0 bridgehead atoms. The second-order valence-electron chi connectivity index (χ2n) is 5.87. The Labute approximate surface area is 129 Å². The largest absolute Gasteiger partial charge is 0.416 e. The molecule has 0 radical (unpaired) electrons. The fourth-order valence-electron chi connectivity index (χ4n) is 1.18. The first kappa shape index (κ1) is 17.1. The summed E-state index contributed by atoms with van der Waals surface area (Å²) >= 11 is 12.7. The lowest BCUT2D eigenvalue weighted by Gasteiger charge is -2.36. The Morgan fingerprint density at radius 1 is 1.37 bits per heavy atom. The van der Waals surface area contributed by atoms with Gasteiger partial charge in [-0.2, -0.15) is 0 Å². The van der Waals surface area contributed by atoms with Crippen LogP contribution in [0.3, 0.4) is 0 Å². The van der Waals surface area contributed by atoms with Gasteiger partial charge in [0.2, 0.25) is 0 Å². The average molecular weight is 340 g/mol. The molecule has 0 spiro atoms. The van der Waals surface area contributed by atoms with Gasteiger partial charge < -0.3 is 4.43 Å². The minimum atomic E-state index is -1.80. The number of Topliss-reactive ketones (excluding diaryl/α,β-unsaturated/α-hetero) is 1. The zero-order valence-electron chi connectivity index (χ0n) is 11.8. The number of carbonyl (C=O) groups excluding carboxylic acids is 1. The van der Waals surface area contributed by atoms with Crippen molar-refractivity contribution in [3.05, 3.63) is 14.5 Å². The zero-order valence-corrected chi connectivity index (χ0v) is 15.2. The van der Waals surface area contributed by atoms with E-state index in [1.165, 1.54) is 0 Å². The molecule has 1 rings (SSSR count). The molecule has 0 saturated heterocycles. The molecule has 0 aliphatic heterocycles. The van der Waals surface area contributed by atoms with E-state index in [2.05, 4.69) is 38.8 Å². The smallest absolute Gasteiger partial charge is 0.191 e. The van der Waals surface area contributed by atoms with Crippen molar-refractivity contribution in [3.8, 4) is 0 Å². The van der Waals surface area contributed by atoms with E-state index in [1.54, 1.807) is 0 Å². The fraction of sp³-hybridized carbons (Fsp3) is 0.667. The summed E-state index contributed by atoms with van der Waals surface area (Å²) in [5, 5.41) is 0.328. The van der Waals surface area contributed by atoms with Gasteiger partial charge in [-0.15, -0.1) is 0 Å². The highest BCUT2D eigenvalue weighted by molar-refractivity contribution is 7.18. The van der Waals surface area contributed by atoms with E-state index in [0.29, 0.717) is 22.4 Å². The van der Waals surface area contributed by atoms with Crippen LogP contribution in [0.2, 0.25) is 27.8 Å². The van der Waals surface area contributed by atoms with Crippen molar-refractivity contribution in [1.29, 1.82) is 0 Å². The highest BCUT2D eigenvalue weighted by Gasteiger charge is 2.37. The molecule has 0 aromatic carbocycles. The Morgan fingerprint density at radius 2 is 1.95 bits per heavy atom. The number of thiazole rings is 1. The number of hydrogen-bond acceptors (Lipinski definition) is 4. The van der Waals surface area contributed by atoms with Crippen LogP contribution < -0.4 is 0 Å². The van der Waals surface area contributed by atoms with Crippen LogP contribution in [-0.2, 0) is 4.43 Å². The van der Waals surface area contributed by atoms with Gasteiger partial charge in [0, 0.05) is 13.0 Å². The van der Waals surface area contributed by atoms with Gasteiger partial charge in [0.25, 0.3) is 0 Å². The maximum absolute atomic E-state index is 12.0. The third-order valence-electron chi connectivity index (χ3n) is 3.41. The molecule has 1 heterocycles.